The summed E-state index contributed by atoms with van der Waals surface area (Å²) in [6.07, 6.45) is 0. The van der Waals surface area contributed by atoms with E-state index in [0.717, 1.165) is 12.4 Å². The lowest BCUT2D eigenvalue weighted by Crippen LogP contribution is -2.39. The summed E-state index contributed by atoms with van der Waals surface area (Å²) < 4.78 is 5.37. The molecule has 0 unspecified atom stereocenters. The highest BCUT2D eigenvalue weighted by Gasteiger charge is 2.18. The van der Waals surface area contributed by atoms with Crippen molar-refractivity contribution in [1.29, 1.82) is 0 Å². The first-order chi connectivity index (χ1) is 7.96. The van der Waals surface area contributed by atoms with Crippen LogP contribution < -0.4 is 9.64 Å². The number of pyridine rings is 1. The Morgan fingerprint density at radius 2 is 2.06 bits per heavy atom. The molecular weight excluding hydrogens is 216 g/mol. The Labute approximate surface area is 103 Å². The van der Waals surface area contributed by atoms with E-state index in [2.05, 4.69) is 4.98 Å². The highest BCUT2D eigenvalue weighted by molar-refractivity contribution is 5.40. The van der Waals surface area contributed by atoms with E-state index < -0.39 is 5.60 Å². The highest BCUT2D eigenvalue weighted by atomic mass is 16.5. The summed E-state index contributed by atoms with van der Waals surface area (Å²) in [5.41, 5.74) is -0.737. The zero-order chi connectivity index (χ0) is 12.9. The molecule has 1 N–H and O–H groups in total. The molecule has 17 heavy (non-hydrogen) atoms. The lowest BCUT2D eigenvalue weighted by Gasteiger charge is -2.29. The van der Waals surface area contributed by atoms with Gasteiger partial charge in [-0.1, -0.05) is 6.07 Å². The third kappa shape index (κ3) is 4.61. The van der Waals surface area contributed by atoms with Gasteiger partial charge in [0.1, 0.15) is 5.82 Å². The molecule has 4 heteroatoms. The van der Waals surface area contributed by atoms with Crippen LogP contribution in [0, 0.1) is 0 Å². The molecule has 4 nitrogen and oxygen atoms in total. The summed E-state index contributed by atoms with van der Waals surface area (Å²) in [7, 11) is 0. The minimum absolute atomic E-state index is 0.548. The molecule has 0 aliphatic carbocycles. The van der Waals surface area contributed by atoms with Crippen molar-refractivity contribution in [1.82, 2.24) is 4.98 Å². The molecule has 0 atom stereocenters. The molecule has 0 amide bonds. The van der Waals surface area contributed by atoms with Gasteiger partial charge in [0.15, 0.2) is 0 Å². The van der Waals surface area contributed by atoms with Gasteiger partial charge in [-0.3, -0.25) is 0 Å². The van der Waals surface area contributed by atoms with Gasteiger partial charge in [-0.2, -0.15) is 4.98 Å². The molecule has 0 saturated heterocycles. The van der Waals surface area contributed by atoms with E-state index in [1.165, 1.54) is 0 Å². The molecule has 0 aliphatic heterocycles. The van der Waals surface area contributed by atoms with Crippen LogP contribution in [-0.4, -0.2) is 35.4 Å². The first-order valence-corrected chi connectivity index (χ1v) is 6.03. The standard InChI is InChI=1S/C13H22N2O2/c1-5-15(10-13(3,4)16)11-8-7-9-12(14-11)17-6-2/h7-9,16H,5-6,10H2,1-4H3. The number of aromatic nitrogens is 1. The number of likely N-dealkylation sites (N-methyl/N-ethyl adjacent to an activating group) is 1. The Kier molecular flexibility index (Phi) is 4.75. The predicted octanol–water partition coefficient (Wildman–Crippen LogP) is 2.08. The van der Waals surface area contributed by atoms with Crippen molar-refractivity contribution in [3.05, 3.63) is 18.2 Å². The summed E-state index contributed by atoms with van der Waals surface area (Å²) in [4.78, 5) is 6.44. The normalized spacial score (nSPS) is 11.4. The topological polar surface area (TPSA) is 45.6 Å². The van der Waals surface area contributed by atoms with Gasteiger partial charge < -0.3 is 14.7 Å². The molecule has 0 saturated carbocycles. The van der Waals surface area contributed by atoms with Crippen LogP contribution in [0.2, 0.25) is 0 Å². The SMILES string of the molecule is CCOc1cccc(N(CC)CC(C)(C)O)n1. The minimum atomic E-state index is -0.737. The molecule has 1 heterocycles. The van der Waals surface area contributed by atoms with E-state index in [1.807, 2.05) is 36.9 Å². The van der Waals surface area contributed by atoms with Crippen molar-refractivity contribution in [3.8, 4) is 5.88 Å². The van der Waals surface area contributed by atoms with Gasteiger partial charge in [0.05, 0.1) is 12.2 Å². The average Bonchev–Trinajstić information content (AvgIpc) is 2.25. The van der Waals surface area contributed by atoms with E-state index in [0.29, 0.717) is 19.0 Å². The molecule has 1 aromatic heterocycles. The number of rotatable bonds is 6. The van der Waals surface area contributed by atoms with Crippen LogP contribution in [0.5, 0.6) is 5.88 Å². The third-order valence-electron chi connectivity index (χ3n) is 2.28. The Balaban J connectivity index is 2.84. The number of hydrogen-bond donors (Lipinski definition) is 1. The first-order valence-electron chi connectivity index (χ1n) is 6.03. The van der Waals surface area contributed by atoms with Crippen LogP contribution in [0.1, 0.15) is 27.7 Å². The Morgan fingerprint density at radius 1 is 1.35 bits per heavy atom. The smallest absolute Gasteiger partial charge is 0.215 e. The van der Waals surface area contributed by atoms with Gasteiger partial charge in [0.25, 0.3) is 0 Å². The summed E-state index contributed by atoms with van der Waals surface area (Å²) in [6.45, 7) is 9.51. The minimum Gasteiger partial charge on any atom is -0.478 e. The van der Waals surface area contributed by atoms with Crippen molar-refractivity contribution < 1.29 is 9.84 Å². The molecule has 0 fully saturated rings. The molecule has 1 aromatic rings. The van der Waals surface area contributed by atoms with E-state index >= 15 is 0 Å². The first kappa shape index (κ1) is 13.8. The number of hydrogen-bond acceptors (Lipinski definition) is 4. The van der Waals surface area contributed by atoms with E-state index in [4.69, 9.17) is 4.74 Å². The Hall–Kier alpha value is -1.29. The monoisotopic (exact) mass is 238 g/mol. The van der Waals surface area contributed by atoms with Crippen molar-refractivity contribution in [2.45, 2.75) is 33.3 Å². The number of anilines is 1. The Morgan fingerprint density at radius 3 is 2.59 bits per heavy atom. The molecular formula is C13H22N2O2. The zero-order valence-electron chi connectivity index (χ0n) is 11.1. The summed E-state index contributed by atoms with van der Waals surface area (Å²) >= 11 is 0. The fourth-order valence-electron chi connectivity index (χ4n) is 1.63. The molecule has 0 aliphatic rings. The van der Waals surface area contributed by atoms with Gasteiger partial charge in [-0.05, 0) is 33.8 Å². The fourth-order valence-corrected chi connectivity index (χ4v) is 1.63. The average molecular weight is 238 g/mol. The van der Waals surface area contributed by atoms with Crippen LogP contribution in [-0.2, 0) is 0 Å². The van der Waals surface area contributed by atoms with Crippen LogP contribution >= 0.6 is 0 Å². The van der Waals surface area contributed by atoms with Crippen LogP contribution in [0.4, 0.5) is 5.82 Å². The zero-order valence-corrected chi connectivity index (χ0v) is 11.1. The molecule has 1 rings (SSSR count). The molecule has 96 valence electrons. The maximum Gasteiger partial charge on any atom is 0.215 e. The number of ether oxygens (including phenoxy) is 1. The molecule has 0 radical (unpaired) electrons. The van der Waals surface area contributed by atoms with Gasteiger partial charge in [-0.15, -0.1) is 0 Å². The molecule has 0 aromatic carbocycles. The second kappa shape index (κ2) is 5.87. The molecule has 0 bridgehead atoms. The fraction of sp³-hybridized carbons (Fsp3) is 0.615. The van der Waals surface area contributed by atoms with E-state index in [-0.39, 0.29) is 0 Å². The van der Waals surface area contributed by atoms with Crippen LogP contribution in [0.15, 0.2) is 18.2 Å². The largest absolute Gasteiger partial charge is 0.478 e. The van der Waals surface area contributed by atoms with Crippen LogP contribution in [0.3, 0.4) is 0 Å². The van der Waals surface area contributed by atoms with Gasteiger partial charge >= 0.3 is 0 Å². The number of nitrogens with zero attached hydrogens (tertiary/aromatic N) is 2. The van der Waals surface area contributed by atoms with Crippen molar-refractivity contribution >= 4 is 5.82 Å². The van der Waals surface area contributed by atoms with Gasteiger partial charge in [0.2, 0.25) is 5.88 Å². The summed E-state index contributed by atoms with van der Waals surface area (Å²) in [5, 5.41) is 9.85. The lowest BCUT2D eigenvalue weighted by atomic mass is 10.1. The van der Waals surface area contributed by atoms with Gasteiger partial charge in [0, 0.05) is 19.2 Å². The second-order valence-electron chi connectivity index (χ2n) is 4.59. The number of aliphatic hydroxyl groups is 1. The van der Waals surface area contributed by atoms with E-state index in [1.54, 1.807) is 13.8 Å². The highest BCUT2D eigenvalue weighted by Crippen LogP contribution is 2.18. The summed E-state index contributed by atoms with van der Waals surface area (Å²) in [6, 6.07) is 5.68. The van der Waals surface area contributed by atoms with E-state index in [9.17, 15) is 5.11 Å². The Bertz CT molecular complexity index is 348. The second-order valence-corrected chi connectivity index (χ2v) is 4.59. The maximum atomic E-state index is 9.85. The van der Waals surface area contributed by atoms with Crippen molar-refractivity contribution in [2.75, 3.05) is 24.6 Å². The maximum absolute atomic E-state index is 9.85. The molecule has 0 spiro atoms. The third-order valence-corrected chi connectivity index (χ3v) is 2.28. The summed E-state index contributed by atoms with van der Waals surface area (Å²) in [5.74, 6) is 1.46. The van der Waals surface area contributed by atoms with Crippen molar-refractivity contribution in [3.63, 3.8) is 0 Å². The quantitative estimate of drug-likeness (QED) is 0.824. The van der Waals surface area contributed by atoms with Crippen LogP contribution in [0.25, 0.3) is 0 Å². The predicted molar refractivity (Wildman–Crippen MR) is 69.6 cm³/mol. The van der Waals surface area contributed by atoms with Crippen molar-refractivity contribution in [2.24, 2.45) is 0 Å². The lowest BCUT2D eigenvalue weighted by molar-refractivity contribution is 0.0874. The van der Waals surface area contributed by atoms with Gasteiger partial charge in [-0.25, -0.2) is 0 Å².